The van der Waals surface area contributed by atoms with Gasteiger partial charge in [-0.3, -0.25) is 4.79 Å². The van der Waals surface area contributed by atoms with Crippen LogP contribution >= 0.6 is 23.2 Å². The first-order chi connectivity index (χ1) is 8.97. The predicted molar refractivity (Wildman–Crippen MR) is 68.1 cm³/mol. The van der Waals surface area contributed by atoms with Gasteiger partial charge in [-0.15, -0.1) is 0 Å². The molecule has 5 nitrogen and oxygen atoms in total. The number of benzene rings is 1. The Labute approximate surface area is 117 Å². The van der Waals surface area contributed by atoms with Gasteiger partial charge in [-0.25, -0.2) is 14.4 Å². The quantitative estimate of drug-likeness (QED) is 0.660. The predicted octanol–water partition coefficient (Wildman–Crippen LogP) is 2.88. The number of carbonyl (C=O) groups is 1. The molecular weight excluding hydrogens is 296 g/mol. The standard InChI is InChI=1S/C11H6Cl2FN3O2/c12-7-4-8(17-11(13)15-7)16-10(19)9-5(14)2-1-3-6(9)18/h1-4,18H,(H,15,16,17,19). The summed E-state index contributed by atoms with van der Waals surface area (Å²) in [5.41, 5.74) is -0.492. The number of nitrogens with zero attached hydrogens (tertiary/aromatic N) is 2. The number of phenols is 1. The maximum Gasteiger partial charge on any atom is 0.263 e. The Morgan fingerprint density at radius 3 is 2.68 bits per heavy atom. The van der Waals surface area contributed by atoms with Gasteiger partial charge in [-0.2, -0.15) is 0 Å². The lowest BCUT2D eigenvalue weighted by Gasteiger charge is -2.07. The lowest BCUT2D eigenvalue weighted by Crippen LogP contribution is -2.15. The van der Waals surface area contributed by atoms with E-state index in [0.717, 1.165) is 6.07 Å². The third-order valence-electron chi connectivity index (χ3n) is 2.13. The zero-order valence-electron chi connectivity index (χ0n) is 9.19. The number of phenolic OH excluding ortho intramolecular Hbond substituents is 1. The highest BCUT2D eigenvalue weighted by atomic mass is 35.5. The summed E-state index contributed by atoms with van der Waals surface area (Å²) in [4.78, 5) is 19.1. The van der Waals surface area contributed by atoms with Crippen LogP contribution in [0, 0.1) is 5.82 Å². The Morgan fingerprint density at radius 1 is 1.32 bits per heavy atom. The van der Waals surface area contributed by atoms with Crippen LogP contribution in [0.2, 0.25) is 10.4 Å². The molecule has 0 spiro atoms. The summed E-state index contributed by atoms with van der Waals surface area (Å²) in [7, 11) is 0. The molecule has 98 valence electrons. The van der Waals surface area contributed by atoms with Gasteiger partial charge in [0, 0.05) is 6.07 Å². The van der Waals surface area contributed by atoms with Crippen molar-refractivity contribution in [2.24, 2.45) is 0 Å². The molecule has 0 fully saturated rings. The van der Waals surface area contributed by atoms with Gasteiger partial charge in [-0.05, 0) is 23.7 Å². The zero-order chi connectivity index (χ0) is 14.0. The average molecular weight is 302 g/mol. The summed E-state index contributed by atoms with van der Waals surface area (Å²) in [6.45, 7) is 0. The Hall–Kier alpha value is -1.92. The molecule has 2 N–H and O–H groups in total. The second kappa shape index (κ2) is 5.38. The number of rotatable bonds is 2. The number of anilines is 1. The first-order valence-electron chi connectivity index (χ1n) is 4.96. The van der Waals surface area contributed by atoms with E-state index in [9.17, 15) is 14.3 Å². The van der Waals surface area contributed by atoms with Crippen molar-refractivity contribution in [3.63, 3.8) is 0 Å². The molecule has 1 heterocycles. The van der Waals surface area contributed by atoms with Gasteiger partial charge >= 0.3 is 0 Å². The summed E-state index contributed by atoms with van der Waals surface area (Å²) >= 11 is 11.2. The van der Waals surface area contributed by atoms with Crippen molar-refractivity contribution in [1.82, 2.24) is 9.97 Å². The van der Waals surface area contributed by atoms with Crippen LogP contribution in [-0.4, -0.2) is 21.0 Å². The van der Waals surface area contributed by atoms with Crippen LogP contribution < -0.4 is 5.32 Å². The molecule has 0 aliphatic rings. The molecule has 0 aliphatic heterocycles. The number of hydrogen-bond donors (Lipinski definition) is 2. The minimum atomic E-state index is -0.874. The van der Waals surface area contributed by atoms with Crippen molar-refractivity contribution in [2.45, 2.75) is 0 Å². The minimum absolute atomic E-state index is 0.00217. The third kappa shape index (κ3) is 3.10. The summed E-state index contributed by atoms with van der Waals surface area (Å²) in [5, 5.41) is 11.6. The smallest absolute Gasteiger partial charge is 0.263 e. The molecule has 1 aromatic carbocycles. The number of aromatic nitrogens is 2. The highest BCUT2D eigenvalue weighted by molar-refractivity contribution is 6.32. The summed E-state index contributed by atoms with van der Waals surface area (Å²) in [5.74, 6) is -2.22. The number of hydrogen-bond acceptors (Lipinski definition) is 4. The topological polar surface area (TPSA) is 75.1 Å². The Bertz CT molecular complexity index is 611. The van der Waals surface area contributed by atoms with Gasteiger partial charge < -0.3 is 10.4 Å². The van der Waals surface area contributed by atoms with Crippen LogP contribution in [0.25, 0.3) is 0 Å². The van der Waals surface area contributed by atoms with Crippen molar-refractivity contribution >= 4 is 34.9 Å². The number of amides is 1. The van der Waals surface area contributed by atoms with Crippen LogP contribution in [0.5, 0.6) is 5.75 Å². The van der Waals surface area contributed by atoms with E-state index in [4.69, 9.17) is 23.2 Å². The van der Waals surface area contributed by atoms with Crippen LogP contribution in [0.1, 0.15) is 10.4 Å². The summed E-state index contributed by atoms with van der Waals surface area (Å²) < 4.78 is 13.5. The third-order valence-corrected chi connectivity index (χ3v) is 2.49. The van der Waals surface area contributed by atoms with Gasteiger partial charge in [-0.1, -0.05) is 17.7 Å². The fourth-order valence-corrected chi connectivity index (χ4v) is 1.78. The molecule has 0 radical (unpaired) electrons. The molecule has 0 atom stereocenters. The SMILES string of the molecule is O=C(Nc1cc(Cl)nc(Cl)n1)c1c(O)cccc1F. The number of aromatic hydroxyl groups is 1. The molecular formula is C11H6Cl2FN3O2. The zero-order valence-corrected chi connectivity index (χ0v) is 10.7. The number of nitrogens with one attached hydrogen (secondary N) is 1. The fraction of sp³-hybridized carbons (Fsp3) is 0. The van der Waals surface area contributed by atoms with Gasteiger partial charge in [0.2, 0.25) is 5.28 Å². The largest absolute Gasteiger partial charge is 0.507 e. The number of halogens is 3. The molecule has 1 amide bonds. The van der Waals surface area contributed by atoms with Gasteiger partial charge in [0.1, 0.15) is 28.1 Å². The lowest BCUT2D eigenvalue weighted by atomic mass is 10.1. The molecule has 2 aromatic rings. The maximum atomic E-state index is 13.5. The van der Waals surface area contributed by atoms with Crippen molar-refractivity contribution in [3.8, 4) is 5.75 Å². The molecule has 0 aliphatic carbocycles. The van der Waals surface area contributed by atoms with E-state index >= 15 is 0 Å². The van der Waals surface area contributed by atoms with Crippen molar-refractivity contribution in [3.05, 3.63) is 46.1 Å². The molecule has 2 rings (SSSR count). The average Bonchev–Trinajstić information content (AvgIpc) is 2.26. The normalized spacial score (nSPS) is 10.3. The van der Waals surface area contributed by atoms with Gasteiger partial charge in [0.05, 0.1) is 0 Å². The molecule has 0 saturated heterocycles. The molecule has 0 bridgehead atoms. The minimum Gasteiger partial charge on any atom is -0.507 e. The molecule has 0 unspecified atom stereocenters. The fourth-order valence-electron chi connectivity index (χ4n) is 1.37. The van der Waals surface area contributed by atoms with Crippen LogP contribution in [-0.2, 0) is 0 Å². The highest BCUT2D eigenvalue weighted by Crippen LogP contribution is 2.22. The van der Waals surface area contributed by atoms with E-state index in [1.54, 1.807) is 0 Å². The Morgan fingerprint density at radius 2 is 2.05 bits per heavy atom. The van der Waals surface area contributed by atoms with E-state index in [1.165, 1.54) is 18.2 Å². The van der Waals surface area contributed by atoms with E-state index in [1.807, 2.05) is 0 Å². The monoisotopic (exact) mass is 301 g/mol. The van der Waals surface area contributed by atoms with E-state index in [0.29, 0.717) is 0 Å². The maximum absolute atomic E-state index is 13.5. The Kier molecular flexibility index (Phi) is 3.82. The molecule has 1 aromatic heterocycles. The van der Waals surface area contributed by atoms with Crippen molar-refractivity contribution in [1.29, 1.82) is 0 Å². The van der Waals surface area contributed by atoms with Crippen LogP contribution in [0.3, 0.4) is 0 Å². The first kappa shape index (κ1) is 13.5. The lowest BCUT2D eigenvalue weighted by molar-refractivity contribution is 0.102. The second-order valence-electron chi connectivity index (χ2n) is 3.43. The molecule has 19 heavy (non-hydrogen) atoms. The number of carbonyl (C=O) groups excluding carboxylic acids is 1. The van der Waals surface area contributed by atoms with Gasteiger partial charge in [0.15, 0.2) is 0 Å². The molecule has 0 saturated carbocycles. The van der Waals surface area contributed by atoms with Crippen LogP contribution in [0.4, 0.5) is 10.2 Å². The van der Waals surface area contributed by atoms with Crippen molar-refractivity contribution < 1.29 is 14.3 Å². The van der Waals surface area contributed by atoms with Crippen LogP contribution in [0.15, 0.2) is 24.3 Å². The van der Waals surface area contributed by atoms with Gasteiger partial charge in [0.25, 0.3) is 5.91 Å². The summed E-state index contributed by atoms with van der Waals surface area (Å²) in [6, 6.07) is 4.76. The van der Waals surface area contributed by atoms with E-state index in [2.05, 4.69) is 15.3 Å². The van der Waals surface area contributed by atoms with E-state index in [-0.39, 0.29) is 16.3 Å². The second-order valence-corrected chi connectivity index (χ2v) is 4.16. The highest BCUT2D eigenvalue weighted by Gasteiger charge is 2.17. The van der Waals surface area contributed by atoms with E-state index < -0.39 is 23.0 Å². The summed E-state index contributed by atoms with van der Waals surface area (Å²) in [6.07, 6.45) is 0. The van der Waals surface area contributed by atoms with Crippen molar-refractivity contribution in [2.75, 3.05) is 5.32 Å². The molecule has 8 heteroatoms. The first-order valence-corrected chi connectivity index (χ1v) is 5.72. The Balaban J connectivity index is 2.31.